The van der Waals surface area contributed by atoms with Gasteiger partial charge in [0.25, 0.3) is 23.6 Å². The van der Waals surface area contributed by atoms with E-state index in [1.165, 1.54) is 15.9 Å². The first-order valence-electron chi connectivity index (χ1n) is 23.1. The molecule has 66 heavy (non-hydrogen) atoms. The number of rotatable bonds is 8. The molecule has 10 rings (SSSR count). The van der Waals surface area contributed by atoms with Crippen molar-refractivity contribution in [3.05, 3.63) is 147 Å². The first-order valence-corrected chi connectivity index (χ1v) is 23.1. The van der Waals surface area contributed by atoms with Gasteiger partial charge in [0, 0.05) is 43.4 Å². The Labute approximate surface area is 385 Å². The summed E-state index contributed by atoms with van der Waals surface area (Å²) in [6, 6.07) is 30.1. The number of hydrogen-bond acceptors (Lipinski definition) is 6. The quantitative estimate of drug-likeness (QED) is 0.0926. The van der Waals surface area contributed by atoms with Crippen molar-refractivity contribution in [2.24, 2.45) is 0 Å². The van der Waals surface area contributed by atoms with Crippen molar-refractivity contribution >= 4 is 78.1 Å². The van der Waals surface area contributed by atoms with Crippen LogP contribution in [0.15, 0.2) is 97.1 Å². The van der Waals surface area contributed by atoms with Gasteiger partial charge in [-0.15, -0.1) is 0 Å². The Balaban J connectivity index is 1.29. The van der Waals surface area contributed by atoms with Gasteiger partial charge in [-0.05, 0) is 104 Å². The van der Waals surface area contributed by atoms with Crippen molar-refractivity contribution in [1.29, 1.82) is 0 Å². The summed E-state index contributed by atoms with van der Waals surface area (Å²) in [7, 11) is 0. The van der Waals surface area contributed by atoms with E-state index >= 15 is 19.2 Å². The fourth-order valence-corrected chi connectivity index (χ4v) is 10.6. The van der Waals surface area contributed by atoms with Crippen LogP contribution in [0, 0.1) is 0 Å². The summed E-state index contributed by atoms with van der Waals surface area (Å²) in [6.45, 7) is 22.9. The average Bonchev–Trinajstić information content (AvgIpc) is 3.27. The van der Waals surface area contributed by atoms with Crippen molar-refractivity contribution in [3.8, 4) is 17.2 Å². The molecule has 0 unspecified atom stereocenters. The Morgan fingerprint density at radius 2 is 0.848 bits per heavy atom. The molecule has 0 fully saturated rings. The number of ether oxygens (including phenoxy) is 1. The number of para-hydroxylation sites is 2. The number of fused-ring (bicyclic) bond motifs is 2. The van der Waals surface area contributed by atoms with Gasteiger partial charge in [-0.25, -0.2) is 9.80 Å². The van der Waals surface area contributed by atoms with E-state index in [-0.39, 0.29) is 40.4 Å². The van der Waals surface area contributed by atoms with Crippen LogP contribution in [0.5, 0.6) is 17.2 Å². The zero-order valence-electron chi connectivity index (χ0n) is 39.4. The highest BCUT2D eigenvalue weighted by atomic mass is 16.5. The predicted molar refractivity (Wildman–Crippen MR) is 266 cm³/mol. The van der Waals surface area contributed by atoms with Crippen molar-refractivity contribution in [2.45, 2.75) is 105 Å². The third kappa shape index (κ3) is 6.10. The van der Waals surface area contributed by atoms with E-state index in [1.54, 1.807) is 18.2 Å². The topological polar surface area (TPSA) is 104 Å². The Hall–Kier alpha value is -7.06. The molecule has 0 radical (unpaired) electrons. The molecular weight excluding hydrogens is 821 g/mol. The van der Waals surface area contributed by atoms with E-state index in [0.29, 0.717) is 82.7 Å². The molecule has 0 saturated heterocycles. The van der Waals surface area contributed by atoms with Crippen molar-refractivity contribution in [3.63, 3.8) is 0 Å². The summed E-state index contributed by atoms with van der Waals surface area (Å²) in [4.78, 5) is 63.2. The molecule has 2 heterocycles. The molecule has 2 aliphatic rings. The summed E-state index contributed by atoms with van der Waals surface area (Å²) in [6.07, 6.45) is 0. The molecule has 0 saturated carbocycles. The third-order valence-electron chi connectivity index (χ3n) is 13.9. The maximum atomic E-state index is 15.4. The van der Waals surface area contributed by atoms with Crippen LogP contribution < -0.4 is 14.5 Å². The zero-order chi connectivity index (χ0) is 47.0. The van der Waals surface area contributed by atoms with Gasteiger partial charge in [0.2, 0.25) is 0 Å². The van der Waals surface area contributed by atoms with Crippen LogP contribution in [0.25, 0.3) is 43.1 Å². The number of benzene rings is 8. The van der Waals surface area contributed by atoms with Gasteiger partial charge in [-0.3, -0.25) is 19.2 Å². The molecule has 1 N–H and O–H groups in total. The van der Waals surface area contributed by atoms with E-state index in [9.17, 15) is 5.11 Å². The first kappa shape index (κ1) is 42.9. The minimum Gasteiger partial charge on any atom is -0.507 e. The van der Waals surface area contributed by atoms with Crippen LogP contribution in [0.4, 0.5) is 11.4 Å². The highest BCUT2D eigenvalue weighted by Gasteiger charge is 2.42. The van der Waals surface area contributed by atoms with Crippen LogP contribution in [-0.2, 0) is 5.41 Å². The fourth-order valence-electron chi connectivity index (χ4n) is 10.6. The Bertz CT molecular complexity index is 3370. The normalized spacial score (nSPS) is 14.3. The Morgan fingerprint density at radius 3 is 1.27 bits per heavy atom. The number of anilines is 2. The van der Waals surface area contributed by atoms with Gasteiger partial charge in [0.15, 0.2) is 0 Å². The lowest BCUT2D eigenvalue weighted by Gasteiger charge is -2.34. The molecule has 332 valence electrons. The van der Waals surface area contributed by atoms with Gasteiger partial charge in [0.1, 0.15) is 17.2 Å². The molecule has 0 aromatic heterocycles. The number of carbonyl (C=O) groups is 4. The summed E-state index contributed by atoms with van der Waals surface area (Å²) < 4.78 is 6.92. The standard InChI is InChI=1S/C58H54N2O6/c1-28(2)34-14-12-15-35(29(3)4)52(34)59-54(62)40-25-23-39-49-45(66-33-20-18-32(19-21-33)58(9,10)11)27-43-47-41(24-22-38(51(47)49)48-44(61)26-42(56(59)64)46(40)50(39)48)55(63)60(57(43)65)53-36(30(5)6)16-13-17-37(53)31(7)8/h12-31,61H,1-11H3. The predicted octanol–water partition coefficient (Wildman–Crippen LogP) is 14.6. The molecular formula is C58H54N2O6. The summed E-state index contributed by atoms with van der Waals surface area (Å²) in [5.74, 6) is -1.09. The van der Waals surface area contributed by atoms with Gasteiger partial charge < -0.3 is 9.84 Å². The van der Waals surface area contributed by atoms with E-state index in [2.05, 4.69) is 48.5 Å². The van der Waals surface area contributed by atoms with Crippen LogP contribution in [0.2, 0.25) is 0 Å². The Morgan fingerprint density at radius 1 is 0.455 bits per heavy atom. The number of nitrogens with zero attached hydrogens (tertiary/aromatic N) is 2. The second-order valence-corrected chi connectivity index (χ2v) is 20.4. The lowest BCUT2D eigenvalue weighted by atomic mass is 9.81. The maximum absolute atomic E-state index is 15.4. The number of aromatic hydroxyl groups is 1. The molecule has 0 spiro atoms. The number of imide groups is 2. The summed E-state index contributed by atoms with van der Waals surface area (Å²) >= 11 is 0. The summed E-state index contributed by atoms with van der Waals surface area (Å²) in [5.41, 5.74) is 6.90. The molecule has 4 amide bonds. The lowest BCUT2D eigenvalue weighted by Crippen LogP contribution is -2.42. The average molecular weight is 875 g/mol. The van der Waals surface area contributed by atoms with Gasteiger partial charge >= 0.3 is 0 Å². The monoisotopic (exact) mass is 874 g/mol. The fraction of sp³-hybridized carbons (Fsp3) is 0.276. The second-order valence-electron chi connectivity index (χ2n) is 20.4. The molecule has 0 aliphatic carbocycles. The van der Waals surface area contributed by atoms with Gasteiger partial charge in [-0.1, -0.05) is 137 Å². The minimum atomic E-state index is -0.522. The molecule has 8 nitrogen and oxygen atoms in total. The highest BCUT2D eigenvalue weighted by Crippen LogP contribution is 2.53. The number of carbonyl (C=O) groups excluding carboxylic acids is 4. The maximum Gasteiger partial charge on any atom is 0.266 e. The van der Waals surface area contributed by atoms with E-state index in [4.69, 9.17) is 4.74 Å². The highest BCUT2D eigenvalue weighted by molar-refractivity contribution is 6.46. The van der Waals surface area contributed by atoms with E-state index < -0.39 is 23.6 Å². The van der Waals surface area contributed by atoms with Crippen LogP contribution in [-0.4, -0.2) is 28.7 Å². The van der Waals surface area contributed by atoms with Crippen molar-refractivity contribution in [1.82, 2.24) is 0 Å². The molecule has 0 bridgehead atoms. The molecule has 8 aromatic carbocycles. The number of phenolic OH excluding ortho intramolecular Hbond substituents is 1. The van der Waals surface area contributed by atoms with Crippen LogP contribution >= 0.6 is 0 Å². The molecule has 2 aliphatic heterocycles. The third-order valence-corrected chi connectivity index (χ3v) is 13.9. The summed E-state index contributed by atoms with van der Waals surface area (Å²) in [5, 5.41) is 16.5. The van der Waals surface area contributed by atoms with E-state index in [1.807, 2.05) is 100 Å². The van der Waals surface area contributed by atoms with Crippen LogP contribution in [0.3, 0.4) is 0 Å². The molecule has 8 heteroatoms. The second kappa shape index (κ2) is 15.0. The van der Waals surface area contributed by atoms with Crippen molar-refractivity contribution in [2.75, 3.05) is 9.80 Å². The smallest absolute Gasteiger partial charge is 0.266 e. The number of amides is 4. The van der Waals surface area contributed by atoms with Crippen LogP contribution in [0.1, 0.15) is 169 Å². The number of hydrogen-bond donors (Lipinski definition) is 1. The number of phenols is 1. The largest absolute Gasteiger partial charge is 0.507 e. The lowest BCUT2D eigenvalue weighted by molar-refractivity contribution is 0.0877. The zero-order valence-corrected chi connectivity index (χ0v) is 39.4. The Kier molecular flexibility index (Phi) is 9.74. The molecule has 0 atom stereocenters. The SMILES string of the molecule is CC(C)c1cccc(C(C)C)c1N1C(=O)c2ccc3c4c(Oc5ccc(C(C)(C)C)cc5)cc5c6c(ccc(c7c(O)cc(c2c37)C1=O)c64)C(=O)N(c1c(C(C)C)cccc1C(C)C)C5=O. The van der Waals surface area contributed by atoms with E-state index in [0.717, 1.165) is 27.8 Å². The van der Waals surface area contributed by atoms with Gasteiger partial charge in [0.05, 0.1) is 22.5 Å². The molecule has 8 aromatic rings. The van der Waals surface area contributed by atoms with Crippen molar-refractivity contribution < 1.29 is 29.0 Å². The first-order chi connectivity index (χ1) is 31.3. The van der Waals surface area contributed by atoms with Gasteiger partial charge in [-0.2, -0.15) is 0 Å². The minimum absolute atomic E-state index is 0.0132.